The van der Waals surface area contributed by atoms with Gasteiger partial charge < -0.3 is 10.3 Å². The second-order valence-corrected chi connectivity index (χ2v) is 5.99. The third-order valence-corrected chi connectivity index (χ3v) is 4.69. The number of thiophene rings is 1. The van der Waals surface area contributed by atoms with Gasteiger partial charge in [-0.1, -0.05) is 0 Å². The van der Waals surface area contributed by atoms with Crippen molar-refractivity contribution in [2.45, 2.75) is 26.8 Å². The van der Waals surface area contributed by atoms with Gasteiger partial charge in [0.25, 0.3) is 5.56 Å². The lowest BCUT2D eigenvalue weighted by atomic mass is 10.2. The largest absolute Gasteiger partial charge is 0.357 e. The standard InChI is InChI=1S/C12H15N3O2S2/c1-5-7(3)19-10-8(5)11(17)15(12(18)14-10)6(2)9(16)13-4/h6H,1-4H3,(H,13,16)(H,14,18). The van der Waals surface area contributed by atoms with Gasteiger partial charge in [-0.3, -0.25) is 14.2 Å². The average Bonchev–Trinajstić information content (AvgIpc) is 2.63. The zero-order valence-corrected chi connectivity index (χ0v) is 12.8. The first kappa shape index (κ1) is 14.0. The third-order valence-electron chi connectivity index (χ3n) is 3.27. The molecule has 1 amide bonds. The van der Waals surface area contributed by atoms with E-state index in [1.165, 1.54) is 23.0 Å². The molecule has 0 aliphatic heterocycles. The molecule has 2 heterocycles. The molecule has 0 fully saturated rings. The van der Waals surface area contributed by atoms with Crippen LogP contribution in [-0.2, 0) is 4.79 Å². The lowest BCUT2D eigenvalue weighted by Crippen LogP contribution is -2.34. The molecule has 0 bridgehead atoms. The Morgan fingerprint density at radius 2 is 2.11 bits per heavy atom. The number of nitrogens with one attached hydrogen (secondary N) is 2. The Balaban J connectivity index is 2.83. The van der Waals surface area contributed by atoms with Crippen molar-refractivity contribution in [3.8, 4) is 0 Å². The molecule has 0 aliphatic rings. The number of aryl methyl sites for hydroxylation is 2. The topological polar surface area (TPSA) is 66.9 Å². The number of likely N-dealkylation sites (N-methyl/N-ethyl adjacent to an activating group) is 1. The van der Waals surface area contributed by atoms with Gasteiger partial charge in [0.15, 0.2) is 4.77 Å². The number of nitrogens with zero attached hydrogens (tertiary/aromatic N) is 1. The maximum Gasteiger partial charge on any atom is 0.264 e. The highest BCUT2D eigenvalue weighted by Gasteiger charge is 2.19. The molecule has 102 valence electrons. The maximum absolute atomic E-state index is 12.5. The average molecular weight is 297 g/mol. The van der Waals surface area contributed by atoms with Crippen molar-refractivity contribution in [3.63, 3.8) is 0 Å². The third kappa shape index (κ3) is 2.12. The van der Waals surface area contributed by atoms with E-state index in [0.717, 1.165) is 15.3 Å². The number of fused-ring (bicyclic) bond motifs is 1. The van der Waals surface area contributed by atoms with Crippen molar-refractivity contribution in [3.05, 3.63) is 25.6 Å². The minimum Gasteiger partial charge on any atom is -0.357 e. The molecular formula is C12H15N3O2S2. The summed E-state index contributed by atoms with van der Waals surface area (Å²) < 4.78 is 1.60. The first-order valence-corrected chi connectivity index (χ1v) is 7.07. The molecule has 2 aromatic heterocycles. The highest BCUT2D eigenvalue weighted by molar-refractivity contribution is 7.71. The van der Waals surface area contributed by atoms with E-state index in [-0.39, 0.29) is 16.2 Å². The fourth-order valence-electron chi connectivity index (χ4n) is 2.02. The smallest absolute Gasteiger partial charge is 0.264 e. The monoisotopic (exact) mass is 297 g/mol. The maximum atomic E-state index is 12.5. The minimum absolute atomic E-state index is 0.211. The Bertz CT molecular complexity index is 770. The molecule has 0 spiro atoms. The van der Waals surface area contributed by atoms with Crippen LogP contribution in [0.2, 0.25) is 0 Å². The summed E-state index contributed by atoms with van der Waals surface area (Å²) in [7, 11) is 1.54. The Labute approximate surface area is 119 Å². The number of carbonyl (C=O) groups is 1. The van der Waals surface area contributed by atoms with Crippen LogP contribution in [0.4, 0.5) is 0 Å². The zero-order chi connectivity index (χ0) is 14.3. The van der Waals surface area contributed by atoms with Crippen LogP contribution in [0.5, 0.6) is 0 Å². The van der Waals surface area contributed by atoms with Crippen molar-refractivity contribution >= 4 is 39.7 Å². The predicted octanol–water partition coefficient (Wildman–Crippen LogP) is 2.04. The van der Waals surface area contributed by atoms with E-state index >= 15 is 0 Å². The van der Waals surface area contributed by atoms with Crippen LogP contribution >= 0.6 is 23.6 Å². The number of aromatic nitrogens is 2. The molecule has 0 saturated heterocycles. The predicted molar refractivity (Wildman–Crippen MR) is 79.5 cm³/mol. The van der Waals surface area contributed by atoms with Crippen molar-refractivity contribution in [2.75, 3.05) is 7.05 Å². The Morgan fingerprint density at radius 3 is 2.68 bits per heavy atom. The molecule has 0 saturated carbocycles. The molecule has 1 unspecified atom stereocenters. The molecule has 19 heavy (non-hydrogen) atoms. The van der Waals surface area contributed by atoms with Crippen LogP contribution in [0.1, 0.15) is 23.4 Å². The summed E-state index contributed by atoms with van der Waals surface area (Å²) in [5.74, 6) is -0.245. The van der Waals surface area contributed by atoms with Gasteiger partial charge in [0.05, 0.1) is 5.39 Å². The Kier molecular flexibility index (Phi) is 3.60. The van der Waals surface area contributed by atoms with Crippen LogP contribution < -0.4 is 10.9 Å². The minimum atomic E-state index is -0.634. The highest BCUT2D eigenvalue weighted by atomic mass is 32.1. The van der Waals surface area contributed by atoms with Gasteiger partial charge >= 0.3 is 0 Å². The van der Waals surface area contributed by atoms with Gasteiger partial charge in [-0.25, -0.2) is 0 Å². The first-order valence-electron chi connectivity index (χ1n) is 5.84. The molecule has 0 aromatic carbocycles. The summed E-state index contributed by atoms with van der Waals surface area (Å²) in [6, 6.07) is -0.634. The first-order chi connectivity index (χ1) is 8.88. The second kappa shape index (κ2) is 4.90. The Morgan fingerprint density at radius 1 is 1.47 bits per heavy atom. The van der Waals surface area contributed by atoms with E-state index in [9.17, 15) is 9.59 Å². The fraction of sp³-hybridized carbons (Fsp3) is 0.417. The number of aromatic amines is 1. The fourth-order valence-corrected chi connectivity index (χ4v) is 3.48. The number of carbonyl (C=O) groups excluding carboxylic acids is 1. The number of H-pyrrole nitrogens is 1. The lowest BCUT2D eigenvalue weighted by Gasteiger charge is -2.13. The molecule has 2 rings (SSSR count). The number of rotatable bonds is 2. The van der Waals surface area contributed by atoms with E-state index < -0.39 is 6.04 Å². The second-order valence-electron chi connectivity index (χ2n) is 4.38. The van der Waals surface area contributed by atoms with E-state index in [2.05, 4.69) is 10.3 Å². The summed E-state index contributed by atoms with van der Waals surface area (Å²) in [5, 5.41) is 3.15. The molecule has 7 heteroatoms. The highest BCUT2D eigenvalue weighted by Crippen LogP contribution is 2.26. The van der Waals surface area contributed by atoms with Crippen molar-refractivity contribution in [2.24, 2.45) is 0 Å². The van der Waals surface area contributed by atoms with Gasteiger partial charge in [0, 0.05) is 11.9 Å². The molecule has 2 N–H and O–H groups in total. The van der Waals surface area contributed by atoms with Crippen molar-refractivity contribution in [1.82, 2.24) is 14.9 Å². The summed E-state index contributed by atoms with van der Waals surface area (Å²) >= 11 is 6.70. The van der Waals surface area contributed by atoms with Crippen LogP contribution in [0, 0.1) is 18.6 Å². The SMILES string of the molecule is CNC(=O)C(C)n1c(=S)[nH]c2sc(C)c(C)c2c1=O. The number of hydrogen-bond donors (Lipinski definition) is 2. The van der Waals surface area contributed by atoms with Gasteiger partial charge in [-0.05, 0) is 38.6 Å². The van der Waals surface area contributed by atoms with E-state index in [4.69, 9.17) is 12.2 Å². The summed E-state index contributed by atoms with van der Waals surface area (Å²) in [4.78, 5) is 29.1. The van der Waals surface area contributed by atoms with Gasteiger partial charge in [0.1, 0.15) is 10.9 Å². The summed E-state index contributed by atoms with van der Waals surface area (Å²) in [5.41, 5.74) is 0.728. The molecule has 2 aromatic rings. The van der Waals surface area contributed by atoms with Crippen LogP contribution in [0.3, 0.4) is 0 Å². The van der Waals surface area contributed by atoms with Crippen molar-refractivity contribution < 1.29 is 4.79 Å². The lowest BCUT2D eigenvalue weighted by molar-refractivity contribution is -0.123. The molecule has 5 nitrogen and oxygen atoms in total. The quantitative estimate of drug-likeness (QED) is 0.834. The zero-order valence-electron chi connectivity index (χ0n) is 11.2. The van der Waals surface area contributed by atoms with E-state index in [1.54, 1.807) is 6.92 Å². The molecule has 0 radical (unpaired) electrons. The van der Waals surface area contributed by atoms with Crippen LogP contribution in [-0.4, -0.2) is 22.5 Å². The Hall–Kier alpha value is -1.47. The van der Waals surface area contributed by atoms with E-state index in [1.807, 2.05) is 13.8 Å². The number of amides is 1. The van der Waals surface area contributed by atoms with Crippen LogP contribution in [0.15, 0.2) is 4.79 Å². The normalized spacial score (nSPS) is 12.6. The van der Waals surface area contributed by atoms with Gasteiger partial charge in [0.2, 0.25) is 5.91 Å². The van der Waals surface area contributed by atoms with E-state index in [0.29, 0.717) is 5.39 Å². The molecule has 0 aliphatic carbocycles. The molecule has 1 atom stereocenters. The summed E-state index contributed by atoms with van der Waals surface area (Å²) in [6.07, 6.45) is 0. The summed E-state index contributed by atoms with van der Waals surface area (Å²) in [6.45, 7) is 5.52. The van der Waals surface area contributed by atoms with Crippen molar-refractivity contribution in [1.29, 1.82) is 0 Å². The van der Waals surface area contributed by atoms with Gasteiger partial charge in [-0.2, -0.15) is 0 Å². The molecular weight excluding hydrogens is 282 g/mol. The van der Waals surface area contributed by atoms with Crippen LogP contribution in [0.25, 0.3) is 10.2 Å². The number of hydrogen-bond acceptors (Lipinski definition) is 4. The van der Waals surface area contributed by atoms with Gasteiger partial charge in [-0.15, -0.1) is 11.3 Å².